The van der Waals surface area contributed by atoms with Gasteiger partial charge in [0.2, 0.25) is 0 Å². The van der Waals surface area contributed by atoms with Gasteiger partial charge in [-0.2, -0.15) is 0 Å². The Bertz CT molecular complexity index is 535. The van der Waals surface area contributed by atoms with Crippen molar-refractivity contribution in [3.05, 3.63) is 65.7 Å². The van der Waals surface area contributed by atoms with Crippen LogP contribution in [0.25, 0.3) is 0 Å². The van der Waals surface area contributed by atoms with Crippen molar-refractivity contribution in [2.24, 2.45) is 0 Å². The maximum absolute atomic E-state index is 12.0. The lowest BCUT2D eigenvalue weighted by Crippen LogP contribution is -2.22. The van der Waals surface area contributed by atoms with Crippen LogP contribution in [0.15, 0.2) is 54.6 Å². The minimum atomic E-state index is -0.0455. The van der Waals surface area contributed by atoms with Crippen LogP contribution in [0.3, 0.4) is 0 Å². The fraction of sp³-hybridized carbons (Fsp3) is 0.235. The van der Waals surface area contributed by atoms with Crippen molar-refractivity contribution in [3.63, 3.8) is 0 Å². The molecule has 0 aromatic heterocycles. The van der Waals surface area contributed by atoms with E-state index in [9.17, 15) is 4.79 Å². The van der Waals surface area contributed by atoms with Crippen LogP contribution in [0, 0.1) is 0 Å². The summed E-state index contributed by atoms with van der Waals surface area (Å²) >= 11 is 0. The maximum atomic E-state index is 12.0. The molecular formula is C17H20N2O. The van der Waals surface area contributed by atoms with E-state index in [4.69, 9.17) is 0 Å². The van der Waals surface area contributed by atoms with Crippen molar-refractivity contribution in [3.8, 4) is 0 Å². The molecule has 2 rings (SSSR count). The van der Waals surface area contributed by atoms with Gasteiger partial charge in [0.15, 0.2) is 0 Å². The summed E-state index contributed by atoms with van der Waals surface area (Å²) in [5.74, 6) is -0.0455. The van der Waals surface area contributed by atoms with Gasteiger partial charge in [0, 0.05) is 24.3 Å². The normalized spacial score (nSPS) is 10.1. The highest BCUT2D eigenvalue weighted by Gasteiger charge is 2.04. The molecule has 0 fully saturated rings. The number of amides is 1. The van der Waals surface area contributed by atoms with E-state index >= 15 is 0 Å². The Hall–Kier alpha value is -2.29. The Morgan fingerprint density at radius 1 is 1.00 bits per heavy atom. The first-order chi connectivity index (χ1) is 9.79. The first-order valence-corrected chi connectivity index (χ1v) is 6.95. The molecule has 0 saturated heterocycles. The van der Waals surface area contributed by atoms with Gasteiger partial charge in [-0.1, -0.05) is 37.3 Å². The third-order valence-electron chi connectivity index (χ3n) is 3.02. The second kappa shape index (κ2) is 7.34. The minimum absolute atomic E-state index is 0.0455. The summed E-state index contributed by atoms with van der Waals surface area (Å²) < 4.78 is 0. The summed E-state index contributed by atoms with van der Waals surface area (Å²) in [4.78, 5) is 12.0. The zero-order valence-corrected chi connectivity index (χ0v) is 11.7. The van der Waals surface area contributed by atoms with E-state index in [1.807, 2.05) is 54.6 Å². The number of anilines is 1. The first kappa shape index (κ1) is 14.1. The Kier molecular flexibility index (Phi) is 5.18. The standard InChI is InChI=1S/C17H20N2O/c1-2-12-18-16-10-8-15(9-11-16)17(20)19-13-14-6-4-3-5-7-14/h3-11,18H,2,12-13H2,1H3,(H,19,20). The first-order valence-electron chi connectivity index (χ1n) is 6.95. The highest BCUT2D eigenvalue weighted by Crippen LogP contribution is 2.09. The average molecular weight is 268 g/mol. The van der Waals surface area contributed by atoms with Gasteiger partial charge in [-0.25, -0.2) is 0 Å². The minimum Gasteiger partial charge on any atom is -0.385 e. The number of carbonyl (C=O) groups is 1. The topological polar surface area (TPSA) is 41.1 Å². The van der Waals surface area contributed by atoms with Crippen LogP contribution in [0.2, 0.25) is 0 Å². The Balaban J connectivity index is 1.89. The van der Waals surface area contributed by atoms with E-state index in [2.05, 4.69) is 17.6 Å². The van der Waals surface area contributed by atoms with Crippen LogP contribution in [0.1, 0.15) is 29.3 Å². The molecule has 104 valence electrons. The SMILES string of the molecule is CCCNc1ccc(C(=O)NCc2ccccc2)cc1. The molecule has 0 radical (unpaired) electrons. The quantitative estimate of drug-likeness (QED) is 0.842. The zero-order valence-electron chi connectivity index (χ0n) is 11.7. The fourth-order valence-electron chi connectivity index (χ4n) is 1.89. The lowest BCUT2D eigenvalue weighted by Gasteiger charge is -2.07. The van der Waals surface area contributed by atoms with E-state index in [1.165, 1.54) is 0 Å². The molecule has 0 spiro atoms. The van der Waals surface area contributed by atoms with Crippen LogP contribution >= 0.6 is 0 Å². The number of hydrogen-bond acceptors (Lipinski definition) is 2. The molecule has 1 amide bonds. The molecule has 2 N–H and O–H groups in total. The lowest BCUT2D eigenvalue weighted by atomic mass is 10.1. The maximum Gasteiger partial charge on any atom is 0.251 e. The van der Waals surface area contributed by atoms with Gasteiger partial charge in [0.25, 0.3) is 5.91 Å². The van der Waals surface area contributed by atoms with Gasteiger partial charge in [0.1, 0.15) is 0 Å². The highest BCUT2D eigenvalue weighted by atomic mass is 16.1. The van der Waals surface area contributed by atoms with Gasteiger partial charge in [-0.15, -0.1) is 0 Å². The molecule has 0 saturated carbocycles. The van der Waals surface area contributed by atoms with Crippen molar-refractivity contribution < 1.29 is 4.79 Å². The number of rotatable bonds is 6. The molecule has 0 atom stereocenters. The molecule has 0 unspecified atom stereocenters. The second-order valence-corrected chi connectivity index (χ2v) is 4.67. The molecular weight excluding hydrogens is 248 g/mol. The van der Waals surface area contributed by atoms with Crippen molar-refractivity contribution in [2.75, 3.05) is 11.9 Å². The summed E-state index contributed by atoms with van der Waals surface area (Å²) in [7, 11) is 0. The molecule has 2 aromatic rings. The average Bonchev–Trinajstić information content (AvgIpc) is 2.52. The van der Waals surface area contributed by atoms with E-state index in [0.29, 0.717) is 12.1 Å². The molecule has 2 aromatic carbocycles. The Labute approximate surface area is 120 Å². The van der Waals surface area contributed by atoms with E-state index in [-0.39, 0.29) is 5.91 Å². The number of nitrogens with one attached hydrogen (secondary N) is 2. The van der Waals surface area contributed by atoms with Crippen LogP contribution in [-0.2, 0) is 6.54 Å². The second-order valence-electron chi connectivity index (χ2n) is 4.67. The van der Waals surface area contributed by atoms with E-state index in [1.54, 1.807) is 0 Å². The largest absolute Gasteiger partial charge is 0.385 e. The fourth-order valence-corrected chi connectivity index (χ4v) is 1.89. The van der Waals surface area contributed by atoms with Gasteiger partial charge in [-0.3, -0.25) is 4.79 Å². The summed E-state index contributed by atoms with van der Waals surface area (Å²) in [6.07, 6.45) is 1.08. The molecule has 0 heterocycles. The highest BCUT2D eigenvalue weighted by molar-refractivity contribution is 5.94. The summed E-state index contributed by atoms with van der Waals surface area (Å²) in [5, 5.41) is 6.21. The van der Waals surface area contributed by atoms with E-state index < -0.39 is 0 Å². The van der Waals surface area contributed by atoms with Gasteiger partial charge in [-0.05, 0) is 36.2 Å². The smallest absolute Gasteiger partial charge is 0.251 e. The molecule has 0 bridgehead atoms. The van der Waals surface area contributed by atoms with Crippen LogP contribution in [-0.4, -0.2) is 12.5 Å². The number of carbonyl (C=O) groups excluding carboxylic acids is 1. The summed E-state index contributed by atoms with van der Waals surface area (Å²) in [5.41, 5.74) is 2.83. The molecule has 3 nitrogen and oxygen atoms in total. The van der Waals surface area contributed by atoms with Crippen molar-refractivity contribution in [2.45, 2.75) is 19.9 Å². The van der Waals surface area contributed by atoms with Gasteiger partial charge in [0.05, 0.1) is 0 Å². The lowest BCUT2D eigenvalue weighted by molar-refractivity contribution is 0.0951. The third-order valence-corrected chi connectivity index (χ3v) is 3.02. The Morgan fingerprint density at radius 3 is 2.35 bits per heavy atom. The van der Waals surface area contributed by atoms with Crippen LogP contribution in [0.4, 0.5) is 5.69 Å². The predicted molar refractivity (Wildman–Crippen MR) is 82.8 cm³/mol. The Morgan fingerprint density at radius 2 is 1.70 bits per heavy atom. The van der Waals surface area contributed by atoms with Crippen molar-refractivity contribution >= 4 is 11.6 Å². The van der Waals surface area contributed by atoms with Crippen molar-refractivity contribution in [1.82, 2.24) is 5.32 Å². The molecule has 0 aliphatic rings. The molecule has 20 heavy (non-hydrogen) atoms. The number of benzene rings is 2. The third kappa shape index (κ3) is 4.12. The zero-order chi connectivity index (χ0) is 14.2. The van der Waals surface area contributed by atoms with Crippen molar-refractivity contribution in [1.29, 1.82) is 0 Å². The summed E-state index contributed by atoms with van der Waals surface area (Å²) in [6.45, 7) is 3.62. The molecule has 3 heteroatoms. The summed E-state index contributed by atoms with van der Waals surface area (Å²) in [6, 6.07) is 17.5. The number of hydrogen-bond donors (Lipinski definition) is 2. The van der Waals surface area contributed by atoms with Crippen LogP contribution < -0.4 is 10.6 Å². The van der Waals surface area contributed by atoms with Gasteiger partial charge < -0.3 is 10.6 Å². The predicted octanol–water partition coefficient (Wildman–Crippen LogP) is 3.44. The molecule has 0 aliphatic heterocycles. The van der Waals surface area contributed by atoms with Gasteiger partial charge >= 0.3 is 0 Å². The van der Waals surface area contributed by atoms with Crippen LogP contribution in [0.5, 0.6) is 0 Å². The van der Waals surface area contributed by atoms with E-state index in [0.717, 1.165) is 24.2 Å². The monoisotopic (exact) mass is 268 g/mol. The molecule has 0 aliphatic carbocycles.